The largest absolute Gasteiger partial charge is 0.453 e. The van der Waals surface area contributed by atoms with E-state index in [0.717, 1.165) is 12.8 Å². The fourth-order valence-corrected chi connectivity index (χ4v) is 9.15. The molecule has 20 heteroatoms. The number of nitriles is 1. The number of amides is 2. The molecule has 3 aliphatic rings. The summed E-state index contributed by atoms with van der Waals surface area (Å²) < 4.78 is 52.6. The van der Waals surface area contributed by atoms with Crippen molar-refractivity contribution in [3.05, 3.63) is 82.2 Å². The second kappa shape index (κ2) is 21.0. The highest BCUT2D eigenvalue weighted by atomic mass is 32.2. The lowest BCUT2D eigenvalue weighted by Gasteiger charge is -2.40. The number of hydrogen-bond acceptors (Lipinski definition) is 15. The Hall–Kier alpha value is -5.46. The van der Waals surface area contributed by atoms with Crippen molar-refractivity contribution in [2.24, 2.45) is 0 Å². The monoisotopic (exact) mass is 919 g/mol. The number of benzene rings is 3. The van der Waals surface area contributed by atoms with E-state index in [4.69, 9.17) is 13.7 Å². The van der Waals surface area contributed by atoms with Crippen LogP contribution in [0.5, 0.6) is 17.2 Å². The van der Waals surface area contributed by atoms with Gasteiger partial charge in [-0.1, -0.05) is 13.0 Å². The van der Waals surface area contributed by atoms with Gasteiger partial charge in [0.1, 0.15) is 23.7 Å². The molecule has 3 saturated heterocycles. The Morgan fingerprint density at radius 1 is 1.12 bits per heavy atom. The zero-order chi connectivity index (χ0) is 45.4. The van der Waals surface area contributed by atoms with E-state index >= 15 is 4.39 Å². The summed E-state index contributed by atoms with van der Waals surface area (Å²) in [7, 11) is 3.41. The van der Waals surface area contributed by atoms with E-state index in [-0.39, 0.29) is 77.0 Å². The number of hydrogen-bond donors (Lipinski definition) is 2. The number of anilines is 2. The number of aldehydes is 1. The predicted molar refractivity (Wildman–Crippen MR) is 241 cm³/mol. The third-order valence-electron chi connectivity index (χ3n) is 12.3. The first kappa shape index (κ1) is 46.5. The topological polar surface area (TPSA) is 175 Å². The van der Waals surface area contributed by atoms with E-state index in [9.17, 15) is 28.3 Å². The van der Waals surface area contributed by atoms with Crippen molar-refractivity contribution in [2.75, 3.05) is 82.7 Å². The standard InChI is InChI=1S/C44H51F2N9O7S2/c1-4-51(3)64-50-37-10-8-35(45)42(34(37)24-47)61-32-7-9-36-33(22-32)43(59)55(28-49-36)31-23-44(60-27-31)13-15-54(16-14-44)41(58)25-52-17-19-53(20-18-52)38-11-5-29(21-39(38)62-63-46)30(26-56)6-12-40(57)48-2/h5,7-11,21-22,26,28,30-31,50H,4,6,12-20,23,25,27H2,1-3H3,(H,48,57). The smallest absolute Gasteiger partial charge is 0.272 e. The molecule has 7 rings (SSSR count). The molecule has 1 aromatic heterocycles. The number of carbonyl (C=O) groups is 3. The molecule has 0 saturated carbocycles. The Bertz CT molecular complexity index is 2440. The molecule has 0 aliphatic carbocycles. The van der Waals surface area contributed by atoms with Crippen LogP contribution in [0.3, 0.4) is 0 Å². The first-order valence-electron chi connectivity index (χ1n) is 21.2. The molecule has 340 valence electrons. The molecule has 2 atom stereocenters. The number of nitrogens with one attached hydrogen (secondary N) is 2. The quantitative estimate of drug-likeness (QED) is 0.0718. The number of ether oxygens (including phenoxy) is 2. The number of likely N-dealkylation sites (tertiary alicyclic amines) is 1. The van der Waals surface area contributed by atoms with Crippen LogP contribution in [0.15, 0.2) is 59.7 Å². The van der Waals surface area contributed by atoms with Crippen molar-refractivity contribution in [2.45, 2.75) is 56.6 Å². The average Bonchev–Trinajstić information content (AvgIpc) is 3.72. The highest BCUT2D eigenvalue weighted by Gasteiger charge is 2.44. The van der Waals surface area contributed by atoms with Crippen molar-refractivity contribution in [3.63, 3.8) is 0 Å². The molecule has 2 unspecified atom stereocenters. The Morgan fingerprint density at radius 2 is 1.91 bits per heavy atom. The number of piperidine rings is 1. The van der Waals surface area contributed by atoms with Crippen molar-refractivity contribution < 1.29 is 36.3 Å². The lowest BCUT2D eigenvalue weighted by molar-refractivity contribution is -0.137. The molecule has 16 nitrogen and oxygen atoms in total. The highest BCUT2D eigenvalue weighted by Crippen LogP contribution is 2.41. The van der Waals surface area contributed by atoms with Gasteiger partial charge >= 0.3 is 0 Å². The molecule has 4 aromatic rings. The van der Waals surface area contributed by atoms with Crippen LogP contribution in [0.4, 0.5) is 19.7 Å². The number of aromatic nitrogens is 2. The van der Waals surface area contributed by atoms with Crippen molar-refractivity contribution >= 4 is 64.9 Å². The third kappa shape index (κ3) is 10.6. The van der Waals surface area contributed by atoms with Gasteiger partial charge in [0.25, 0.3) is 18.0 Å². The first-order chi connectivity index (χ1) is 31.0. The van der Waals surface area contributed by atoms with E-state index in [2.05, 4.69) is 24.8 Å². The molecule has 3 fully saturated rings. The normalized spacial score (nSPS) is 17.9. The minimum atomic E-state index is -0.719. The van der Waals surface area contributed by atoms with Crippen molar-refractivity contribution in [3.8, 4) is 23.3 Å². The molecule has 4 heterocycles. The van der Waals surface area contributed by atoms with Crippen LogP contribution >= 0.6 is 24.6 Å². The molecule has 2 N–H and O–H groups in total. The van der Waals surface area contributed by atoms with Gasteiger partial charge < -0.3 is 38.3 Å². The number of fused-ring (bicyclic) bond motifs is 1. The number of carbonyl (C=O) groups excluding carboxylic acids is 3. The number of nitrogens with zero attached hydrogens (tertiary/aromatic N) is 7. The van der Waals surface area contributed by atoms with Gasteiger partial charge in [0.15, 0.2) is 17.3 Å². The van der Waals surface area contributed by atoms with Crippen molar-refractivity contribution in [1.82, 2.24) is 29.0 Å². The Labute approximate surface area is 378 Å². The Kier molecular flexibility index (Phi) is 15.3. The zero-order valence-corrected chi connectivity index (χ0v) is 37.5. The summed E-state index contributed by atoms with van der Waals surface area (Å²) in [5.74, 6) is -1.19. The van der Waals surface area contributed by atoms with Gasteiger partial charge in [0.05, 0.1) is 53.4 Å². The van der Waals surface area contributed by atoms with Gasteiger partial charge in [-0.05, 0) is 80.8 Å². The Morgan fingerprint density at radius 3 is 2.61 bits per heavy atom. The minimum Gasteiger partial charge on any atom is -0.453 e. The van der Waals surface area contributed by atoms with Crippen LogP contribution in [0.1, 0.15) is 62.1 Å². The first-order valence-corrected chi connectivity index (χ1v) is 22.6. The maximum absolute atomic E-state index is 15.1. The van der Waals surface area contributed by atoms with Crippen molar-refractivity contribution in [1.29, 1.82) is 5.26 Å². The van der Waals surface area contributed by atoms with Gasteiger partial charge in [0.2, 0.25) is 11.8 Å². The van der Waals surface area contributed by atoms with Gasteiger partial charge in [-0.15, -0.1) is 3.89 Å². The van der Waals surface area contributed by atoms with Gasteiger partial charge in [-0.25, -0.2) is 13.7 Å². The summed E-state index contributed by atoms with van der Waals surface area (Å²) in [6.07, 6.45) is 4.61. The summed E-state index contributed by atoms with van der Waals surface area (Å²) >= 11 is 0.991. The highest BCUT2D eigenvalue weighted by molar-refractivity contribution is 7.98. The minimum absolute atomic E-state index is 0.00998. The van der Waals surface area contributed by atoms with Crippen LogP contribution < -0.4 is 29.4 Å². The lowest BCUT2D eigenvalue weighted by Crippen LogP contribution is -2.52. The maximum atomic E-state index is 15.1. The molecule has 3 aliphatic heterocycles. The fraction of sp³-hybridized carbons (Fsp3) is 0.455. The fourth-order valence-electron chi connectivity index (χ4n) is 8.40. The average molecular weight is 920 g/mol. The van der Waals surface area contributed by atoms with Gasteiger partial charge in [-0.3, -0.25) is 23.9 Å². The van der Waals surface area contributed by atoms with E-state index in [0.29, 0.717) is 94.0 Å². The molecule has 2 amide bonds. The van der Waals surface area contributed by atoms with Gasteiger partial charge in [-0.2, -0.15) is 5.26 Å². The molecular weight excluding hydrogens is 869 g/mol. The SMILES string of the molecule is CCN(C)SNc1ccc(F)c(Oc2ccc3ncn(C4COC5(CCN(C(=O)CN6CCN(c7ccc(C(C=O)CCC(=O)NC)cc7OSF)CC6)CC5)C4)c(=O)c3c2)c1C#N. The zero-order valence-electron chi connectivity index (χ0n) is 35.9. The molecule has 1 spiro atoms. The number of piperazine rings is 1. The lowest BCUT2D eigenvalue weighted by atomic mass is 9.87. The molecule has 3 aromatic carbocycles. The second-order valence-corrected chi connectivity index (χ2v) is 17.4. The summed E-state index contributed by atoms with van der Waals surface area (Å²) in [6.45, 7) is 6.65. The molecular formula is C44H51F2N9O7S2. The number of rotatable bonds is 17. The van der Waals surface area contributed by atoms with Crippen LogP contribution in [0.2, 0.25) is 0 Å². The second-order valence-electron chi connectivity index (χ2n) is 16.1. The van der Waals surface area contributed by atoms with Gasteiger partial charge in [0, 0.05) is 77.3 Å². The Balaban J connectivity index is 0.929. The maximum Gasteiger partial charge on any atom is 0.272 e. The number of halogens is 2. The van der Waals surface area contributed by atoms with Crippen LogP contribution in [-0.2, 0) is 19.1 Å². The van der Waals surface area contributed by atoms with Crippen LogP contribution in [0.25, 0.3) is 10.9 Å². The molecule has 0 bridgehead atoms. The summed E-state index contributed by atoms with van der Waals surface area (Å²) in [6, 6.07) is 14.4. The molecule has 64 heavy (non-hydrogen) atoms. The van der Waals surface area contributed by atoms with Crippen LogP contribution in [-0.4, -0.2) is 120 Å². The van der Waals surface area contributed by atoms with Crippen LogP contribution in [0, 0.1) is 17.1 Å². The third-order valence-corrected chi connectivity index (χ3v) is 13.4. The van der Waals surface area contributed by atoms with E-state index < -0.39 is 17.3 Å². The van der Waals surface area contributed by atoms with E-state index in [1.54, 1.807) is 34.9 Å². The summed E-state index contributed by atoms with van der Waals surface area (Å²) in [5, 5.41) is 12.8. The summed E-state index contributed by atoms with van der Waals surface area (Å²) in [4.78, 5) is 61.7. The molecule has 0 radical (unpaired) electrons. The van der Waals surface area contributed by atoms with E-state index in [1.807, 2.05) is 29.2 Å². The van der Waals surface area contributed by atoms with E-state index in [1.165, 1.54) is 43.7 Å². The summed E-state index contributed by atoms with van der Waals surface area (Å²) in [5.41, 5.74) is 1.34. The predicted octanol–water partition coefficient (Wildman–Crippen LogP) is 5.99.